The van der Waals surface area contributed by atoms with Gasteiger partial charge in [0.2, 0.25) is 10.0 Å². The predicted molar refractivity (Wildman–Crippen MR) is 116 cm³/mol. The van der Waals surface area contributed by atoms with Gasteiger partial charge in [-0.15, -0.1) is 0 Å². The topological polar surface area (TPSA) is 95.6 Å². The Balaban J connectivity index is 2.26. The molecule has 0 saturated heterocycles. The number of hydrogen-bond acceptors (Lipinski definition) is 4. The molecule has 2 aromatic rings. The standard InChI is InChI=1S/C21H27N3O4S/c1-6-15(3)22-21(26)17-9-7-8-10-18(17)23-20(25)16-11-12-19(14(2)13-16)24(4)29(5,27)28/h7-13,15H,6H2,1-5H3,(H,22,26)(H,23,25)/t15-/m0/s1. The molecule has 1 atom stereocenters. The van der Waals surface area contributed by atoms with Gasteiger partial charge in [0.25, 0.3) is 11.8 Å². The summed E-state index contributed by atoms with van der Waals surface area (Å²) in [6.45, 7) is 5.63. The van der Waals surface area contributed by atoms with Gasteiger partial charge in [0.05, 0.1) is 23.2 Å². The first kappa shape index (κ1) is 22.4. The molecule has 2 N–H and O–H groups in total. The molecule has 156 valence electrons. The summed E-state index contributed by atoms with van der Waals surface area (Å²) in [6, 6.07) is 11.6. The van der Waals surface area contributed by atoms with Gasteiger partial charge in [-0.25, -0.2) is 8.42 Å². The van der Waals surface area contributed by atoms with Crippen molar-refractivity contribution in [1.29, 1.82) is 0 Å². The number of carbonyl (C=O) groups excluding carboxylic acids is 2. The third-order valence-electron chi connectivity index (χ3n) is 4.71. The summed E-state index contributed by atoms with van der Waals surface area (Å²) < 4.78 is 24.7. The highest BCUT2D eigenvalue weighted by Gasteiger charge is 2.18. The minimum Gasteiger partial charge on any atom is -0.350 e. The van der Waals surface area contributed by atoms with Crippen molar-refractivity contribution in [1.82, 2.24) is 5.32 Å². The number of carbonyl (C=O) groups is 2. The lowest BCUT2D eigenvalue weighted by atomic mass is 10.1. The molecule has 0 radical (unpaired) electrons. The van der Waals surface area contributed by atoms with Crippen LogP contribution in [0.25, 0.3) is 0 Å². The van der Waals surface area contributed by atoms with Gasteiger partial charge >= 0.3 is 0 Å². The molecule has 0 saturated carbocycles. The maximum Gasteiger partial charge on any atom is 0.255 e. The van der Waals surface area contributed by atoms with E-state index in [4.69, 9.17) is 0 Å². The minimum absolute atomic E-state index is 0.0216. The molecule has 0 aliphatic rings. The van der Waals surface area contributed by atoms with Crippen LogP contribution in [0, 0.1) is 6.92 Å². The fourth-order valence-corrected chi connectivity index (χ4v) is 3.28. The molecule has 0 spiro atoms. The third-order valence-corrected chi connectivity index (χ3v) is 5.90. The number of benzene rings is 2. The van der Waals surface area contributed by atoms with Gasteiger partial charge in [-0.05, 0) is 56.2 Å². The van der Waals surface area contributed by atoms with Crippen molar-refractivity contribution in [2.75, 3.05) is 22.9 Å². The van der Waals surface area contributed by atoms with Crippen LogP contribution in [0.1, 0.15) is 46.5 Å². The van der Waals surface area contributed by atoms with Crippen LogP contribution in [0.2, 0.25) is 0 Å². The van der Waals surface area contributed by atoms with Crippen molar-refractivity contribution in [3.63, 3.8) is 0 Å². The molecular formula is C21H27N3O4S. The molecular weight excluding hydrogens is 390 g/mol. The van der Waals surface area contributed by atoms with Crippen LogP contribution in [0.3, 0.4) is 0 Å². The molecule has 2 amide bonds. The van der Waals surface area contributed by atoms with Gasteiger partial charge in [-0.3, -0.25) is 13.9 Å². The lowest BCUT2D eigenvalue weighted by Gasteiger charge is -2.19. The Hall–Kier alpha value is -2.87. The second-order valence-corrected chi connectivity index (χ2v) is 9.03. The molecule has 0 aliphatic heterocycles. The van der Waals surface area contributed by atoms with Crippen molar-refractivity contribution < 1.29 is 18.0 Å². The maximum absolute atomic E-state index is 12.7. The molecule has 0 bridgehead atoms. The second kappa shape index (κ2) is 9.09. The Morgan fingerprint density at radius 3 is 2.34 bits per heavy atom. The van der Waals surface area contributed by atoms with Crippen LogP contribution in [-0.4, -0.2) is 39.6 Å². The van der Waals surface area contributed by atoms with Crippen LogP contribution >= 0.6 is 0 Å². The van der Waals surface area contributed by atoms with E-state index in [0.29, 0.717) is 28.1 Å². The van der Waals surface area contributed by atoms with E-state index in [9.17, 15) is 18.0 Å². The zero-order valence-corrected chi connectivity index (χ0v) is 18.1. The summed E-state index contributed by atoms with van der Waals surface area (Å²) in [5, 5.41) is 5.66. The van der Waals surface area contributed by atoms with Crippen LogP contribution in [0.5, 0.6) is 0 Å². The summed E-state index contributed by atoms with van der Waals surface area (Å²) >= 11 is 0. The fraction of sp³-hybridized carbons (Fsp3) is 0.333. The SMILES string of the molecule is CC[C@H](C)NC(=O)c1ccccc1NC(=O)c1ccc(N(C)S(C)(=O)=O)c(C)c1. The van der Waals surface area contributed by atoms with Crippen molar-refractivity contribution in [3.05, 3.63) is 59.2 Å². The summed E-state index contributed by atoms with van der Waals surface area (Å²) in [4.78, 5) is 25.2. The first-order valence-corrected chi connectivity index (χ1v) is 11.1. The number of para-hydroxylation sites is 1. The first-order chi connectivity index (χ1) is 13.5. The average Bonchev–Trinajstić information content (AvgIpc) is 2.66. The number of aryl methyl sites for hydroxylation is 1. The zero-order valence-electron chi connectivity index (χ0n) is 17.3. The molecule has 7 nitrogen and oxygen atoms in total. The summed E-state index contributed by atoms with van der Waals surface area (Å²) in [5.41, 5.74) is 2.30. The average molecular weight is 418 g/mol. The monoisotopic (exact) mass is 417 g/mol. The van der Waals surface area contributed by atoms with E-state index in [1.54, 1.807) is 49.4 Å². The molecule has 29 heavy (non-hydrogen) atoms. The van der Waals surface area contributed by atoms with Crippen LogP contribution in [0.4, 0.5) is 11.4 Å². The fourth-order valence-electron chi connectivity index (χ4n) is 2.72. The Morgan fingerprint density at radius 2 is 1.76 bits per heavy atom. The normalized spacial score (nSPS) is 12.2. The first-order valence-electron chi connectivity index (χ1n) is 9.30. The molecule has 8 heteroatoms. The van der Waals surface area contributed by atoms with Crippen LogP contribution < -0.4 is 14.9 Å². The molecule has 2 aromatic carbocycles. The molecule has 0 unspecified atom stereocenters. The summed E-state index contributed by atoms with van der Waals surface area (Å²) in [5.74, 6) is -0.637. The number of hydrogen-bond donors (Lipinski definition) is 2. The molecule has 0 heterocycles. The van der Waals surface area contributed by atoms with Crippen LogP contribution in [0.15, 0.2) is 42.5 Å². The predicted octanol–water partition coefficient (Wildman–Crippen LogP) is 3.17. The lowest BCUT2D eigenvalue weighted by molar-refractivity contribution is 0.0940. The van der Waals surface area contributed by atoms with Gasteiger partial charge in [0.1, 0.15) is 0 Å². The highest BCUT2D eigenvalue weighted by atomic mass is 32.2. The highest BCUT2D eigenvalue weighted by molar-refractivity contribution is 7.92. The van der Waals surface area contributed by atoms with Crippen molar-refractivity contribution in [3.8, 4) is 0 Å². The Labute approximate surface area is 172 Å². The van der Waals surface area contributed by atoms with Gasteiger partial charge in [0.15, 0.2) is 0 Å². The van der Waals surface area contributed by atoms with E-state index >= 15 is 0 Å². The van der Waals surface area contributed by atoms with Crippen molar-refractivity contribution in [2.24, 2.45) is 0 Å². The van der Waals surface area contributed by atoms with Crippen molar-refractivity contribution in [2.45, 2.75) is 33.2 Å². The maximum atomic E-state index is 12.7. The van der Waals surface area contributed by atoms with Gasteiger partial charge in [-0.1, -0.05) is 19.1 Å². The number of nitrogens with one attached hydrogen (secondary N) is 2. The third kappa shape index (κ3) is 5.57. The summed E-state index contributed by atoms with van der Waals surface area (Å²) in [7, 11) is -1.94. The Morgan fingerprint density at radius 1 is 1.10 bits per heavy atom. The molecule has 2 rings (SSSR count). The molecule has 0 fully saturated rings. The smallest absolute Gasteiger partial charge is 0.255 e. The van der Waals surface area contributed by atoms with Crippen molar-refractivity contribution >= 4 is 33.2 Å². The summed E-state index contributed by atoms with van der Waals surface area (Å²) in [6.07, 6.45) is 1.92. The minimum atomic E-state index is -3.40. The van der Waals surface area contributed by atoms with E-state index in [0.717, 1.165) is 12.7 Å². The Bertz CT molecular complexity index is 1020. The van der Waals surface area contributed by atoms with Gasteiger partial charge in [0, 0.05) is 18.7 Å². The molecule has 0 aromatic heterocycles. The number of amides is 2. The van der Waals surface area contributed by atoms with Gasteiger partial charge < -0.3 is 10.6 Å². The highest BCUT2D eigenvalue weighted by Crippen LogP contribution is 2.23. The van der Waals surface area contributed by atoms with E-state index < -0.39 is 10.0 Å². The Kier molecular flexibility index (Phi) is 7.02. The van der Waals surface area contributed by atoms with E-state index in [-0.39, 0.29) is 17.9 Å². The zero-order chi connectivity index (χ0) is 21.8. The van der Waals surface area contributed by atoms with Crippen LogP contribution in [-0.2, 0) is 10.0 Å². The van der Waals surface area contributed by atoms with Gasteiger partial charge in [-0.2, -0.15) is 0 Å². The quantitative estimate of drug-likeness (QED) is 0.723. The number of nitrogens with zero attached hydrogens (tertiary/aromatic N) is 1. The number of sulfonamides is 1. The largest absolute Gasteiger partial charge is 0.350 e. The van der Waals surface area contributed by atoms with E-state index in [1.165, 1.54) is 11.4 Å². The molecule has 0 aliphatic carbocycles. The van der Waals surface area contributed by atoms with E-state index in [2.05, 4.69) is 10.6 Å². The number of anilines is 2. The second-order valence-electron chi connectivity index (χ2n) is 7.01. The number of rotatable bonds is 7. The van der Waals surface area contributed by atoms with E-state index in [1.807, 2.05) is 13.8 Å². The lowest BCUT2D eigenvalue weighted by Crippen LogP contribution is -2.32.